The summed E-state index contributed by atoms with van der Waals surface area (Å²) in [7, 11) is 1.56. The Morgan fingerprint density at radius 3 is 2.24 bits per heavy atom. The zero-order valence-electron chi connectivity index (χ0n) is 16.4. The lowest BCUT2D eigenvalue weighted by Crippen LogP contribution is -2.40. The Morgan fingerprint density at radius 2 is 1.72 bits per heavy atom. The Kier molecular flexibility index (Phi) is 7.14. The number of ether oxygens (including phenoxy) is 3. The van der Waals surface area contributed by atoms with E-state index >= 15 is 0 Å². The molecule has 2 amide bonds. The third kappa shape index (κ3) is 8.14. The van der Waals surface area contributed by atoms with E-state index in [4.69, 9.17) is 14.2 Å². The summed E-state index contributed by atoms with van der Waals surface area (Å²) in [5.41, 5.74) is -1.09. The van der Waals surface area contributed by atoms with Gasteiger partial charge >= 0.3 is 12.2 Å². The van der Waals surface area contributed by atoms with Crippen LogP contribution in [-0.4, -0.2) is 54.5 Å². The number of hydrogen-bond donors (Lipinski definition) is 1. The van der Waals surface area contributed by atoms with E-state index < -0.39 is 17.3 Å². The van der Waals surface area contributed by atoms with Crippen LogP contribution in [0.3, 0.4) is 0 Å². The third-order valence-electron chi connectivity index (χ3n) is 3.43. The molecule has 1 heterocycles. The Balaban J connectivity index is 2.65. The van der Waals surface area contributed by atoms with Crippen LogP contribution in [0.2, 0.25) is 0 Å². The van der Waals surface area contributed by atoms with Crippen LogP contribution in [0.1, 0.15) is 48.0 Å². The lowest BCUT2D eigenvalue weighted by Gasteiger charge is -2.27. The summed E-state index contributed by atoms with van der Waals surface area (Å²) in [5, 5.41) is 2.77. The number of nitrogens with zero attached hydrogens (tertiary/aromatic N) is 1. The van der Waals surface area contributed by atoms with Gasteiger partial charge in [0.05, 0.1) is 19.4 Å². The molecule has 0 aliphatic carbocycles. The van der Waals surface area contributed by atoms with Crippen molar-refractivity contribution in [3.05, 3.63) is 12.3 Å². The molecule has 1 aliphatic heterocycles. The first-order valence-corrected chi connectivity index (χ1v) is 8.57. The van der Waals surface area contributed by atoms with Crippen molar-refractivity contribution in [3.8, 4) is 0 Å². The van der Waals surface area contributed by atoms with Gasteiger partial charge in [0.2, 0.25) is 0 Å². The summed E-state index contributed by atoms with van der Waals surface area (Å²) in [6.45, 7) is 11.9. The molecule has 0 saturated carbocycles. The summed E-state index contributed by atoms with van der Waals surface area (Å²) in [5.74, 6) is 0.117. The van der Waals surface area contributed by atoms with E-state index in [-0.39, 0.29) is 18.1 Å². The van der Waals surface area contributed by atoms with Crippen molar-refractivity contribution < 1.29 is 23.8 Å². The van der Waals surface area contributed by atoms with Crippen LogP contribution in [0.5, 0.6) is 0 Å². The number of alkyl carbamates (subject to hydrolysis) is 1. The molecule has 0 bridgehead atoms. The molecule has 1 unspecified atom stereocenters. The van der Waals surface area contributed by atoms with Gasteiger partial charge in [-0.25, -0.2) is 9.59 Å². The molecule has 1 rings (SSSR count). The molecule has 7 nitrogen and oxygen atoms in total. The van der Waals surface area contributed by atoms with Crippen LogP contribution in [0, 0.1) is 5.92 Å². The number of carbonyl (C=O) groups is 2. The molecule has 1 N–H and O–H groups in total. The highest BCUT2D eigenvalue weighted by atomic mass is 16.6. The van der Waals surface area contributed by atoms with Gasteiger partial charge in [0.25, 0.3) is 0 Å². The van der Waals surface area contributed by atoms with Gasteiger partial charge in [0, 0.05) is 13.1 Å². The second-order valence-electron chi connectivity index (χ2n) is 8.25. The summed E-state index contributed by atoms with van der Waals surface area (Å²) >= 11 is 0. The van der Waals surface area contributed by atoms with Crippen LogP contribution >= 0.6 is 0 Å². The van der Waals surface area contributed by atoms with Crippen LogP contribution in [-0.2, 0) is 14.2 Å². The molecule has 0 spiro atoms. The highest BCUT2D eigenvalue weighted by Crippen LogP contribution is 2.26. The fourth-order valence-corrected chi connectivity index (χ4v) is 2.53. The van der Waals surface area contributed by atoms with Gasteiger partial charge in [-0.05, 0) is 60.0 Å². The third-order valence-corrected chi connectivity index (χ3v) is 3.43. The Labute approximate surface area is 150 Å². The summed E-state index contributed by atoms with van der Waals surface area (Å²) in [6.07, 6.45) is 3.29. The molecule has 25 heavy (non-hydrogen) atoms. The number of methoxy groups -OCH3 is 1. The van der Waals surface area contributed by atoms with Crippen molar-refractivity contribution in [3.63, 3.8) is 0 Å². The van der Waals surface area contributed by atoms with E-state index in [0.29, 0.717) is 13.1 Å². The van der Waals surface area contributed by atoms with E-state index in [0.717, 1.165) is 6.42 Å². The maximum Gasteiger partial charge on any atom is 0.410 e. The monoisotopic (exact) mass is 356 g/mol. The molecule has 0 aromatic heterocycles. The molecule has 0 aromatic carbocycles. The van der Waals surface area contributed by atoms with E-state index in [1.165, 1.54) is 0 Å². The summed E-state index contributed by atoms with van der Waals surface area (Å²) in [6, 6.07) is -0.125. The van der Waals surface area contributed by atoms with Crippen molar-refractivity contribution in [2.45, 2.75) is 65.2 Å². The minimum Gasteiger partial charge on any atom is -0.505 e. The average molecular weight is 356 g/mol. The fourth-order valence-electron chi connectivity index (χ4n) is 2.53. The van der Waals surface area contributed by atoms with E-state index in [1.54, 1.807) is 18.3 Å². The second kappa shape index (κ2) is 8.45. The van der Waals surface area contributed by atoms with Crippen LogP contribution in [0.15, 0.2) is 12.3 Å². The molecule has 1 aliphatic rings. The van der Waals surface area contributed by atoms with Gasteiger partial charge < -0.3 is 24.4 Å². The van der Waals surface area contributed by atoms with E-state index in [9.17, 15) is 9.59 Å². The quantitative estimate of drug-likeness (QED) is 0.782. The minimum absolute atomic E-state index is 0.117. The Morgan fingerprint density at radius 1 is 1.12 bits per heavy atom. The number of rotatable bonds is 4. The molecule has 7 heteroatoms. The number of hydrogen-bond acceptors (Lipinski definition) is 5. The van der Waals surface area contributed by atoms with Gasteiger partial charge in [-0.3, -0.25) is 0 Å². The first-order chi connectivity index (χ1) is 11.4. The normalized spacial score (nSPS) is 21.3. The van der Waals surface area contributed by atoms with Crippen molar-refractivity contribution in [2.24, 2.45) is 5.92 Å². The van der Waals surface area contributed by atoms with Crippen LogP contribution in [0.25, 0.3) is 0 Å². The van der Waals surface area contributed by atoms with Crippen molar-refractivity contribution in [1.29, 1.82) is 0 Å². The topological polar surface area (TPSA) is 77.1 Å². The van der Waals surface area contributed by atoms with Crippen molar-refractivity contribution in [2.75, 3.05) is 20.2 Å². The average Bonchev–Trinajstić information content (AvgIpc) is 2.82. The lowest BCUT2D eigenvalue weighted by molar-refractivity contribution is 0.0249. The summed E-state index contributed by atoms with van der Waals surface area (Å²) in [4.78, 5) is 25.9. The summed E-state index contributed by atoms with van der Waals surface area (Å²) < 4.78 is 15.7. The predicted octanol–water partition coefficient (Wildman–Crippen LogP) is 3.30. The molecular weight excluding hydrogens is 324 g/mol. The van der Waals surface area contributed by atoms with Crippen LogP contribution in [0.4, 0.5) is 9.59 Å². The molecule has 0 radical (unpaired) electrons. The first-order valence-electron chi connectivity index (χ1n) is 8.57. The number of amides is 2. The van der Waals surface area contributed by atoms with Gasteiger partial charge in [0.15, 0.2) is 0 Å². The second-order valence-corrected chi connectivity index (χ2v) is 8.25. The van der Waals surface area contributed by atoms with E-state index in [2.05, 4.69) is 5.32 Å². The van der Waals surface area contributed by atoms with Gasteiger partial charge in [0.1, 0.15) is 11.2 Å². The lowest BCUT2D eigenvalue weighted by atomic mass is 10.1. The van der Waals surface area contributed by atoms with E-state index in [1.807, 2.05) is 47.6 Å². The molecular formula is C18H32N2O5. The number of likely N-dealkylation sites (tertiary alicyclic amines) is 1. The molecule has 2 atom stereocenters. The maximum atomic E-state index is 12.4. The van der Waals surface area contributed by atoms with Gasteiger partial charge in [-0.2, -0.15) is 0 Å². The SMILES string of the molecule is CO/C=C\C1C[C@@H](CNC(=O)OC(C)(C)C)CN1C(=O)OC(C)(C)C. The Bertz CT molecular complexity index is 491. The molecule has 1 fully saturated rings. The van der Waals surface area contributed by atoms with Gasteiger partial charge in [-0.15, -0.1) is 0 Å². The first kappa shape index (κ1) is 21.1. The smallest absolute Gasteiger partial charge is 0.410 e. The maximum absolute atomic E-state index is 12.4. The highest BCUT2D eigenvalue weighted by molar-refractivity contribution is 5.69. The van der Waals surface area contributed by atoms with Crippen molar-refractivity contribution in [1.82, 2.24) is 10.2 Å². The zero-order valence-corrected chi connectivity index (χ0v) is 16.4. The minimum atomic E-state index is -0.556. The molecule has 1 saturated heterocycles. The zero-order chi connectivity index (χ0) is 19.3. The van der Waals surface area contributed by atoms with Crippen LogP contribution < -0.4 is 5.32 Å². The molecule has 144 valence electrons. The predicted molar refractivity (Wildman–Crippen MR) is 95.2 cm³/mol. The highest BCUT2D eigenvalue weighted by Gasteiger charge is 2.36. The largest absolute Gasteiger partial charge is 0.505 e. The number of carbonyl (C=O) groups excluding carboxylic acids is 2. The number of nitrogens with one attached hydrogen (secondary N) is 1. The standard InChI is InChI=1S/C18H32N2O5/c1-17(2,3)24-15(21)19-11-13-10-14(8-9-23-7)20(12-13)16(22)25-18(4,5)6/h8-9,13-14H,10-12H2,1-7H3,(H,19,21)/b9-8-/t13-,14?/m0/s1. The van der Waals surface area contributed by atoms with Crippen molar-refractivity contribution >= 4 is 12.2 Å². The fraction of sp³-hybridized carbons (Fsp3) is 0.778. The Hall–Kier alpha value is -1.92. The molecule has 0 aromatic rings. The van der Waals surface area contributed by atoms with Gasteiger partial charge in [-0.1, -0.05) is 0 Å².